The molecule has 0 aliphatic rings. The number of benzene rings is 1. The van der Waals surface area contributed by atoms with E-state index in [2.05, 4.69) is 76.1 Å². The van der Waals surface area contributed by atoms with E-state index in [-0.39, 0.29) is 0 Å². The van der Waals surface area contributed by atoms with Crippen LogP contribution in [0.1, 0.15) is 45.7 Å². The van der Waals surface area contributed by atoms with E-state index in [1.54, 1.807) is 0 Å². The van der Waals surface area contributed by atoms with E-state index < -0.39 is 0 Å². The Morgan fingerprint density at radius 3 is 2.37 bits per heavy atom. The molecular weight excluding hydrogens is 232 g/mol. The molecule has 2 nitrogen and oxygen atoms in total. The van der Waals surface area contributed by atoms with Gasteiger partial charge in [0.1, 0.15) is 0 Å². The van der Waals surface area contributed by atoms with Crippen LogP contribution in [0.3, 0.4) is 0 Å². The number of hydrogen-bond acceptors (Lipinski definition) is 2. The first-order chi connectivity index (χ1) is 8.76. The monoisotopic (exact) mass is 262 g/mol. The molecule has 0 aliphatic heterocycles. The topological polar surface area (TPSA) is 15.3 Å². The van der Waals surface area contributed by atoms with Gasteiger partial charge in [-0.25, -0.2) is 0 Å². The van der Waals surface area contributed by atoms with Crippen LogP contribution in [-0.4, -0.2) is 24.5 Å². The summed E-state index contributed by atoms with van der Waals surface area (Å²) in [7, 11) is 2.20. The third-order valence-electron chi connectivity index (χ3n) is 2.90. The highest BCUT2D eigenvalue weighted by Gasteiger charge is 2.13. The molecule has 0 aliphatic carbocycles. The zero-order valence-corrected chi connectivity index (χ0v) is 13.5. The van der Waals surface area contributed by atoms with Gasteiger partial charge in [-0.2, -0.15) is 0 Å². The summed E-state index contributed by atoms with van der Waals surface area (Å²) in [6.45, 7) is 14.3. The molecule has 0 amide bonds. The second-order valence-electron chi connectivity index (χ2n) is 7.09. The van der Waals surface area contributed by atoms with Gasteiger partial charge in [-0.15, -0.1) is 0 Å². The third kappa shape index (κ3) is 7.34. The van der Waals surface area contributed by atoms with Gasteiger partial charge in [0, 0.05) is 25.7 Å². The van der Waals surface area contributed by atoms with Gasteiger partial charge in [0.15, 0.2) is 0 Å². The first-order valence-electron chi connectivity index (χ1n) is 7.26. The van der Waals surface area contributed by atoms with E-state index in [0.717, 1.165) is 19.6 Å². The highest BCUT2D eigenvalue weighted by Crippen LogP contribution is 2.16. The number of hydrogen-bond donors (Lipinski definition) is 1. The first kappa shape index (κ1) is 16.2. The normalized spacial score (nSPS) is 12.4. The van der Waals surface area contributed by atoms with Crippen LogP contribution in [0.5, 0.6) is 0 Å². The lowest BCUT2D eigenvalue weighted by Gasteiger charge is -2.26. The number of nitrogens with zero attached hydrogens (tertiary/aromatic N) is 1. The molecule has 0 aromatic heterocycles. The van der Waals surface area contributed by atoms with Crippen LogP contribution in [0.15, 0.2) is 24.3 Å². The summed E-state index contributed by atoms with van der Waals surface area (Å²) in [6, 6.07) is 9.43. The van der Waals surface area contributed by atoms with Crippen LogP contribution < -0.4 is 5.32 Å². The Morgan fingerprint density at radius 2 is 1.79 bits per heavy atom. The molecule has 0 unspecified atom stereocenters. The van der Waals surface area contributed by atoms with Crippen molar-refractivity contribution in [2.45, 2.75) is 53.8 Å². The van der Waals surface area contributed by atoms with Crippen molar-refractivity contribution in [2.75, 3.05) is 13.6 Å². The van der Waals surface area contributed by atoms with E-state index in [4.69, 9.17) is 0 Å². The van der Waals surface area contributed by atoms with E-state index >= 15 is 0 Å². The van der Waals surface area contributed by atoms with E-state index in [0.29, 0.717) is 11.5 Å². The van der Waals surface area contributed by atoms with Crippen molar-refractivity contribution in [3.63, 3.8) is 0 Å². The van der Waals surface area contributed by atoms with E-state index in [1.165, 1.54) is 11.1 Å². The molecule has 0 heterocycles. The molecule has 108 valence electrons. The van der Waals surface area contributed by atoms with Crippen molar-refractivity contribution < 1.29 is 0 Å². The Balaban J connectivity index is 2.56. The Morgan fingerprint density at radius 1 is 1.16 bits per heavy atom. The van der Waals surface area contributed by atoms with Crippen molar-refractivity contribution >= 4 is 0 Å². The molecule has 1 aromatic carbocycles. The van der Waals surface area contributed by atoms with Crippen LogP contribution in [0, 0.1) is 5.41 Å². The molecule has 0 atom stereocenters. The Bertz CT molecular complexity index is 377. The van der Waals surface area contributed by atoms with Crippen molar-refractivity contribution in [3.05, 3.63) is 35.4 Å². The van der Waals surface area contributed by atoms with Gasteiger partial charge in [0.05, 0.1) is 0 Å². The largest absolute Gasteiger partial charge is 0.310 e. The second-order valence-corrected chi connectivity index (χ2v) is 7.09. The first-order valence-corrected chi connectivity index (χ1v) is 7.26. The Labute approximate surface area is 119 Å². The maximum atomic E-state index is 3.47. The maximum absolute atomic E-state index is 3.47. The Kier molecular flexibility index (Phi) is 6.02. The molecule has 2 heteroatoms. The minimum absolute atomic E-state index is 0.353. The van der Waals surface area contributed by atoms with Crippen molar-refractivity contribution in [3.8, 4) is 0 Å². The van der Waals surface area contributed by atoms with Gasteiger partial charge >= 0.3 is 0 Å². The average molecular weight is 262 g/mol. The summed E-state index contributed by atoms with van der Waals surface area (Å²) in [6.07, 6.45) is 0. The van der Waals surface area contributed by atoms with Crippen LogP contribution in [0.4, 0.5) is 0 Å². The van der Waals surface area contributed by atoms with Crippen LogP contribution in [0.2, 0.25) is 0 Å². The summed E-state index contributed by atoms with van der Waals surface area (Å²) in [5.41, 5.74) is 3.12. The molecule has 19 heavy (non-hydrogen) atoms. The van der Waals surface area contributed by atoms with Crippen molar-refractivity contribution in [2.24, 2.45) is 5.41 Å². The molecule has 0 spiro atoms. The molecular formula is C17H30N2. The summed E-state index contributed by atoms with van der Waals surface area (Å²) < 4.78 is 0. The van der Waals surface area contributed by atoms with E-state index in [9.17, 15) is 0 Å². The maximum Gasteiger partial charge on any atom is 0.0231 e. The summed E-state index contributed by atoms with van der Waals surface area (Å²) >= 11 is 0. The highest BCUT2D eigenvalue weighted by atomic mass is 15.1. The SMILES string of the molecule is CC(C)NCc1cccc(CN(C)CC(C)(C)C)c1. The van der Waals surface area contributed by atoms with Gasteiger partial charge in [0.25, 0.3) is 0 Å². The fourth-order valence-corrected chi connectivity index (χ4v) is 2.34. The predicted molar refractivity (Wildman–Crippen MR) is 84.2 cm³/mol. The number of rotatable bonds is 6. The van der Waals surface area contributed by atoms with Gasteiger partial charge in [-0.05, 0) is 23.6 Å². The van der Waals surface area contributed by atoms with Gasteiger partial charge in [-0.1, -0.05) is 58.9 Å². The molecule has 0 bridgehead atoms. The lowest BCUT2D eigenvalue weighted by molar-refractivity contribution is 0.221. The Hall–Kier alpha value is -0.860. The minimum Gasteiger partial charge on any atom is -0.310 e. The summed E-state index contributed by atoms with van der Waals surface area (Å²) in [5.74, 6) is 0. The predicted octanol–water partition coefficient (Wildman–Crippen LogP) is 3.66. The fraction of sp³-hybridized carbons (Fsp3) is 0.647. The molecule has 1 rings (SSSR count). The van der Waals surface area contributed by atoms with Gasteiger partial charge in [0.2, 0.25) is 0 Å². The molecule has 0 saturated carbocycles. The van der Waals surface area contributed by atoms with Gasteiger partial charge < -0.3 is 10.2 Å². The average Bonchev–Trinajstić information content (AvgIpc) is 2.24. The van der Waals surface area contributed by atoms with Crippen LogP contribution >= 0.6 is 0 Å². The fourth-order valence-electron chi connectivity index (χ4n) is 2.34. The third-order valence-corrected chi connectivity index (χ3v) is 2.90. The molecule has 0 fully saturated rings. The van der Waals surface area contributed by atoms with Crippen molar-refractivity contribution in [1.29, 1.82) is 0 Å². The molecule has 0 radical (unpaired) electrons. The molecule has 1 aromatic rings. The molecule has 1 N–H and O–H groups in total. The minimum atomic E-state index is 0.353. The zero-order valence-electron chi connectivity index (χ0n) is 13.5. The quantitative estimate of drug-likeness (QED) is 0.841. The van der Waals surface area contributed by atoms with E-state index in [1.807, 2.05) is 0 Å². The summed E-state index contributed by atoms with van der Waals surface area (Å²) in [4.78, 5) is 2.40. The van der Waals surface area contributed by atoms with Gasteiger partial charge in [-0.3, -0.25) is 0 Å². The number of nitrogens with one attached hydrogen (secondary N) is 1. The second kappa shape index (κ2) is 7.06. The lowest BCUT2D eigenvalue weighted by Crippen LogP contribution is -2.29. The molecule has 0 saturated heterocycles. The van der Waals surface area contributed by atoms with Crippen LogP contribution in [-0.2, 0) is 13.1 Å². The van der Waals surface area contributed by atoms with Crippen molar-refractivity contribution in [1.82, 2.24) is 10.2 Å². The lowest BCUT2D eigenvalue weighted by atomic mass is 9.96. The zero-order chi connectivity index (χ0) is 14.5. The van der Waals surface area contributed by atoms with Crippen LogP contribution in [0.25, 0.3) is 0 Å². The standard InChI is InChI=1S/C17H30N2/c1-14(2)18-11-15-8-7-9-16(10-15)12-19(6)13-17(3,4)5/h7-10,14,18H,11-13H2,1-6H3. The highest BCUT2D eigenvalue weighted by molar-refractivity contribution is 5.23. The smallest absolute Gasteiger partial charge is 0.0231 e. The summed E-state index contributed by atoms with van der Waals surface area (Å²) in [5, 5.41) is 3.47.